The van der Waals surface area contributed by atoms with Crippen LogP contribution in [0.3, 0.4) is 0 Å². The first-order chi connectivity index (χ1) is 12.1. The average molecular weight is 466 g/mol. The molecule has 25 heavy (non-hydrogen) atoms. The van der Waals surface area contributed by atoms with Gasteiger partial charge in [-0.2, -0.15) is 0 Å². The standard InChI is InChI=1S/C21H21ClINO/c1-15(7-8-16-5-3-2-4-6-16)24-14-18-10-12-21(25-18)19-11-9-17(23)13-20(19)22/h2-6,9-13,15,24H,7-8,14H2,1H3. The topological polar surface area (TPSA) is 25.2 Å². The maximum atomic E-state index is 6.32. The van der Waals surface area contributed by atoms with E-state index >= 15 is 0 Å². The zero-order chi connectivity index (χ0) is 17.6. The quantitative estimate of drug-likeness (QED) is 0.413. The van der Waals surface area contributed by atoms with Crippen LogP contribution in [0.25, 0.3) is 11.3 Å². The monoisotopic (exact) mass is 465 g/mol. The lowest BCUT2D eigenvalue weighted by molar-refractivity contribution is 0.449. The third-order valence-corrected chi connectivity index (χ3v) is 5.18. The van der Waals surface area contributed by atoms with Crippen LogP contribution in [0.5, 0.6) is 0 Å². The first-order valence-corrected chi connectivity index (χ1v) is 9.89. The number of nitrogens with one attached hydrogen (secondary N) is 1. The fraction of sp³-hybridized carbons (Fsp3) is 0.238. The van der Waals surface area contributed by atoms with Crippen LogP contribution >= 0.6 is 34.2 Å². The number of benzene rings is 2. The molecule has 0 aliphatic heterocycles. The second-order valence-corrected chi connectivity index (χ2v) is 7.85. The van der Waals surface area contributed by atoms with Gasteiger partial charge in [-0.1, -0.05) is 41.9 Å². The van der Waals surface area contributed by atoms with Gasteiger partial charge in [-0.25, -0.2) is 0 Å². The number of aryl methyl sites for hydroxylation is 1. The van der Waals surface area contributed by atoms with Crippen LogP contribution < -0.4 is 5.32 Å². The van der Waals surface area contributed by atoms with Crippen LogP contribution in [-0.4, -0.2) is 6.04 Å². The maximum absolute atomic E-state index is 6.32. The zero-order valence-electron chi connectivity index (χ0n) is 14.1. The molecule has 0 bridgehead atoms. The molecule has 4 heteroatoms. The van der Waals surface area contributed by atoms with Crippen molar-refractivity contribution in [3.05, 3.63) is 80.6 Å². The first-order valence-electron chi connectivity index (χ1n) is 8.43. The summed E-state index contributed by atoms with van der Waals surface area (Å²) in [4.78, 5) is 0. The molecule has 0 spiro atoms. The fourth-order valence-corrected chi connectivity index (χ4v) is 3.66. The zero-order valence-corrected chi connectivity index (χ0v) is 17.0. The summed E-state index contributed by atoms with van der Waals surface area (Å²) in [5.41, 5.74) is 2.32. The molecule has 130 valence electrons. The predicted octanol–water partition coefficient (Wildman–Crippen LogP) is 6.32. The van der Waals surface area contributed by atoms with Crippen molar-refractivity contribution in [2.45, 2.75) is 32.4 Å². The minimum Gasteiger partial charge on any atom is -0.460 e. The van der Waals surface area contributed by atoms with E-state index in [2.05, 4.69) is 65.2 Å². The minimum absolute atomic E-state index is 0.427. The number of rotatable bonds is 7. The van der Waals surface area contributed by atoms with Crippen LogP contribution in [0.1, 0.15) is 24.7 Å². The molecule has 2 aromatic carbocycles. The Morgan fingerprint density at radius 1 is 1.08 bits per heavy atom. The maximum Gasteiger partial charge on any atom is 0.135 e. The summed E-state index contributed by atoms with van der Waals surface area (Å²) >= 11 is 8.57. The normalized spacial score (nSPS) is 12.3. The third-order valence-electron chi connectivity index (χ3n) is 4.19. The summed E-state index contributed by atoms with van der Waals surface area (Å²) in [6.07, 6.45) is 2.18. The molecule has 0 radical (unpaired) electrons. The molecule has 1 heterocycles. The highest BCUT2D eigenvalue weighted by atomic mass is 127. The summed E-state index contributed by atoms with van der Waals surface area (Å²) in [7, 11) is 0. The van der Waals surface area contributed by atoms with Gasteiger partial charge in [0.05, 0.1) is 11.6 Å². The van der Waals surface area contributed by atoms with E-state index in [0.717, 1.165) is 45.1 Å². The van der Waals surface area contributed by atoms with Crippen molar-refractivity contribution in [2.24, 2.45) is 0 Å². The number of hydrogen-bond acceptors (Lipinski definition) is 2. The summed E-state index contributed by atoms with van der Waals surface area (Å²) in [5.74, 6) is 1.74. The Hall–Kier alpha value is -1.30. The molecular formula is C21H21ClINO. The summed E-state index contributed by atoms with van der Waals surface area (Å²) < 4.78 is 7.07. The Kier molecular flexibility index (Phi) is 6.57. The van der Waals surface area contributed by atoms with Gasteiger partial charge in [-0.15, -0.1) is 0 Å². The van der Waals surface area contributed by atoms with Crippen molar-refractivity contribution >= 4 is 34.2 Å². The van der Waals surface area contributed by atoms with Gasteiger partial charge in [-0.3, -0.25) is 0 Å². The second-order valence-electron chi connectivity index (χ2n) is 6.20. The highest BCUT2D eigenvalue weighted by Crippen LogP contribution is 2.30. The van der Waals surface area contributed by atoms with Gasteiger partial charge in [0.2, 0.25) is 0 Å². The van der Waals surface area contributed by atoms with Gasteiger partial charge < -0.3 is 9.73 Å². The fourth-order valence-electron chi connectivity index (χ4n) is 2.71. The van der Waals surface area contributed by atoms with Gasteiger partial charge in [0, 0.05) is 15.2 Å². The Balaban J connectivity index is 1.53. The SMILES string of the molecule is CC(CCc1ccccc1)NCc1ccc(-c2ccc(I)cc2Cl)o1. The second kappa shape index (κ2) is 8.88. The van der Waals surface area contributed by atoms with Crippen molar-refractivity contribution in [3.63, 3.8) is 0 Å². The largest absolute Gasteiger partial charge is 0.460 e. The molecule has 0 saturated heterocycles. The Morgan fingerprint density at radius 3 is 2.64 bits per heavy atom. The van der Waals surface area contributed by atoms with E-state index in [-0.39, 0.29) is 0 Å². The van der Waals surface area contributed by atoms with Crippen molar-refractivity contribution in [3.8, 4) is 11.3 Å². The Morgan fingerprint density at radius 2 is 1.88 bits per heavy atom. The molecule has 0 aliphatic rings. The van der Waals surface area contributed by atoms with E-state index in [0.29, 0.717) is 6.04 Å². The van der Waals surface area contributed by atoms with E-state index in [9.17, 15) is 0 Å². The molecule has 1 N–H and O–H groups in total. The van der Waals surface area contributed by atoms with Crippen LogP contribution in [-0.2, 0) is 13.0 Å². The van der Waals surface area contributed by atoms with Gasteiger partial charge in [0.25, 0.3) is 0 Å². The first kappa shape index (κ1) is 18.5. The van der Waals surface area contributed by atoms with E-state index < -0.39 is 0 Å². The summed E-state index contributed by atoms with van der Waals surface area (Å²) in [6, 6.07) is 21.0. The van der Waals surface area contributed by atoms with E-state index in [4.69, 9.17) is 16.0 Å². The van der Waals surface area contributed by atoms with E-state index in [1.807, 2.05) is 30.3 Å². The number of hydrogen-bond donors (Lipinski definition) is 1. The van der Waals surface area contributed by atoms with Crippen LogP contribution in [0.4, 0.5) is 0 Å². The minimum atomic E-state index is 0.427. The van der Waals surface area contributed by atoms with Crippen LogP contribution in [0, 0.1) is 3.57 Å². The van der Waals surface area contributed by atoms with E-state index in [1.54, 1.807) is 0 Å². The lowest BCUT2D eigenvalue weighted by Gasteiger charge is -2.12. The average Bonchev–Trinajstić information content (AvgIpc) is 3.08. The van der Waals surface area contributed by atoms with Crippen LogP contribution in [0.15, 0.2) is 65.1 Å². The molecule has 3 rings (SSSR count). The molecule has 1 atom stereocenters. The van der Waals surface area contributed by atoms with Crippen molar-refractivity contribution in [1.82, 2.24) is 5.32 Å². The molecule has 2 nitrogen and oxygen atoms in total. The Labute approximate surface area is 167 Å². The van der Waals surface area contributed by atoms with Gasteiger partial charge >= 0.3 is 0 Å². The van der Waals surface area contributed by atoms with Crippen molar-refractivity contribution in [1.29, 1.82) is 0 Å². The van der Waals surface area contributed by atoms with Gasteiger partial charge in [-0.05, 0) is 78.3 Å². The number of furan rings is 1. The Bertz CT molecular complexity index is 816. The van der Waals surface area contributed by atoms with Crippen LogP contribution in [0.2, 0.25) is 5.02 Å². The highest BCUT2D eigenvalue weighted by molar-refractivity contribution is 14.1. The molecule has 0 aliphatic carbocycles. The lowest BCUT2D eigenvalue weighted by atomic mass is 10.1. The molecule has 3 aromatic rings. The molecule has 0 saturated carbocycles. The van der Waals surface area contributed by atoms with Gasteiger partial charge in [0.15, 0.2) is 0 Å². The molecule has 0 fully saturated rings. The third kappa shape index (κ3) is 5.33. The molecule has 1 aromatic heterocycles. The molecular weight excluding hydrogens is 445 g/mol. The highest BCUT2D eigenvalue weighted by Gasteiger charge is 2.10. The van der Waals surface area contributed by atoms with Gasteiger partial charge in [0.1, 0.15) is 11.5 Å². The summed E-state index contributed by atoms with van der Waals surface area (Å²) in [5, 5.41) is 4.25. The molecule has 0 amide bonds. The molecule has 1 unspecified atom stereocenters. The van der Waals surface area contributed by atoms with Crippen molar-refractivity contribution < 1.29 is 4.42 Å². The predicted molar refractivity (Wildman–Crippen MR) is 113 cm³/mol. The van der Waals surface area contributed by atoms with Crippen molar-refractivity contribution in [2.75, 3.05) is 0 Å². The van der Waals surface area contributed by atoms with E-state index in [1.165, 1.54) is 5.56 Å². The smallest absolute Gasteiger partial charge is 0.135 e. The number of halogens is 2. The lowest BCUT2D eigenvalue weighted by Crippen LogP contribution is -2.25. The summed E-state index contributed by atoms with van der Waals surface area (Å²) in [6.45, 7) is 2.93.